The summed E-state index contributed by atoms with van der Waals surface area (Å²) >= 11 is 0. The van der Waals surface area contributed by atoms with Crippen LogP contribution in [-0.4, -0.2) is 29.8 Å². The molecule has 0 N–H and O–H groups in total. The fourth-order valence-electron chi connectivity index (χ4n) is 1.90. The van der Waals surface area contributed by atoms with Crippen molar-refractivity contribution in [2.75, 3.05) is 14.1 Å². The topological polar surface area (TPSA) is 33.2 Å². The molecule has 1 heterocycles. The quantitative estimate of drug-likeness (QED) is 0.787. The van der Waals surface area contributed by atoms with Crippen LogP contribution in [0.25, 0.3) is 11.6 Å². The van der Waals surface area contributed by atoms with Crippen LogP contribution in [0.4, 0.5) is 0 Å². The molecule has 0 aliphatic carbocycles. The SMILES string of the molecule is CN(C)/C=C(/C(=O)/C=C/c1ccccc1)c1ccncc1. The zero-order chi connectivity index (χ0) is 15.1. The van der Waals surface area contributed by atoms with E-state index in [2.05, 4.69) is 4.98 Å². The van der Waals surface area contributed by atoms with Crippen molar-refractivity contribution in [2.45, 2.75) is 0 Å². The van der Waals surface area contributed by atoms with Crippen molar-refractivity contribution in [2.24, 2.45) is 0 Å². The number of hydrogen-bond acceptors (Lipinski definition) is 3. The van der Waals surface area contributed by atoms with E-state index in [4.69, 9.17) is 0 Å². The third-order valence-corrected chi connectivity index (χ3v) is 2.87. The number of allylic oxidation sites excluding steroid dienone is 2. The second-order valence-corrected chi connectivity index (χ2v) is 4.85. The van der Waals surface area contributed by atoms with Gasteiger partial charge in [-0.25, -0.2) is 0 Å². The van der Waals surface area contributed by atoms with E-state index in [0.717, 1.165) is 11.1 Å². The first-order valence-corrected chi connectivity index (χ1v) is 6.73. The third-order valence-electron chi connectivity index (χ3n) is 2.87. The van der Waals surface area contributed by atoms with Crippen LogP contribution in [0.15, 0.2) is 67.1 Å². The molecular weight excluding hydrogens is 260 g/mol. The number of rotatable bonds is 5. The van der Waals surface area contributed by atoms with E-state index < -0.39 is 0 Å². The second kappa shape index (κ2) is 7.20. The molecule has 0 aliphatic heterocycles. The molecule has 0 saturated heterocycles. The Hall–Kier alpha value is -2.68. The Labute approximate surface area is 125 Å². The minimum absolute atomic E-state index is 0.0289. The van der Waals surface area contributed by atoms with Gasteiger partial charge in [0.25, 0.3) is 0 Å². The van der Waals surface area contributed by atoms with Crippen molar-refractivity contribution in [3.63, 3.8) is 0 Å². The molecule has 1 aromatic heterocycles. The molecule has 21 heavy (non-hydrogen) atoms. The average molecular weight is 278 g/mol. The summed E-state index contributed by atoms with van der Waals surface area (Å²) in [5.74, 6) is -0.0289. The fourth-order valence-corrected chi connectivity index (χ4v) is 1.90. The van der Waals surface area contributed by atoms with Gasteiger partial charge in [-0.1, -0.05) is 36.4 Å². The first-order valence-electron chi connectivity index (χ1n) is 6.73. The summed E-state index contributed by atoms with van der Waals surface area (Å²) in [6.45, 7) is 0. The Balaban J connectivity index is 2.26. The Morgan fingerprint density at radius 2 is 1.71 bits per heavy atom. The van der Waals surface area contributed by atoms with Crippen LogP contribution in [0.5, 0.6) is 0 Å². The molecule has 0 amide bonds. The van der Waals surface area contributed by atoms with Gasteiger partial charge < -0.3 is 4.90 Å². The Morgan fingerprint density at radius 1 is 1.05 bits per heavy atom. The minimum Gasteiger partial charge on any atom is -0.383 e. The van der Waals surface area contributed by atoms with Crippen LogP contribution in [0, 0.1) is 0 Å². The van der Waals surface area contributed by atoms with Crippen molar-refractivity contribution in [3.05, 3.63) is 78.3 Å². The molecule has 0 saturated carbocycles. The standard InChI is InChI=1S/C18H18N2O/c1-20(2)14-17(16-10-12-19-13-11-16)18(21)9-8-15-6-4-3-5-7-15/h3-14H,1-2H3/b9-8+,17-14+. The highest BCUT2D eigenvalue weighted by molar-refractivity contribution is 6.27. The summed E-state index contributed by atoms with van der Waals surface area (Å²) in [6.07, 6.45) is 8.63. The average Bonchev–Trinajstić information content (AvgIpc) is 2.52. The van der Waals surface area contributed by atoms with Crippen molar-refractivity contribution in [3.8, 4) is 0 Å². The molecular formula is C18H18N2O. The Morgan fingerprint density at radius 3 is 2.33 bits per heavy atom. The summed E-state index contributed by atoms with van der Waals surface area (Å²) in [4.78, 5) is 18.3. The van der Waals surface area contributed by atoms with Gasteiger partial charge in [0, 0.05) is 38.3 Å². The maximum Gasteiger partial charge on any atom is 0.187 e. The molecule has 0 spiro atoms. The van der Waals surface area contributed by atoms with Crippen LogP contribution in [0.3, 0.4) is 0 Å². The summed E-state index contributed by atoms with van der Waals surface area (Å²) in [6, 6.07) is 13.4. The molecule has 2 rings (SSSR count). The van der Waals surface area contributed by atoms with Crippen molar-refractivity contribution >= 4 is 17.4 Å². The van der Waals surface area contributed by atoms with Gasteiger partial charge >= 0.3 is 0 Å². The number of ketones is 1. The van der Waals surface area contributed by atoms with E-state index in [1.54, 1.807) is 18.5 Å². The fraction of sp³-hybridized carbons (Fsp3) is 0.111. The van der Waals surface area contributed by atoms with Gasteiger partial charge in [-0.2, -0.15) is 0 Å². The molecule has 0 aliphatic rings. The summed E-state index contributed by atoms with van der Waals surface area (Å²) in [5, 5.41) is 0. The number of aromatic nitrogens is 1. The molecule has 2 aromatic rings. The van der Waals surface area contributed by atoms with E-state index in [0.29, 0.717) is 5.57 Å². The second-order valence-electron chi connectivity index (χ2n) is 4.85. The van der Waals surface area contributed by atoms with Gasteiger partial charge in [-0.3, -0.25) is 9.78 Å². The van der Waals surface area contributed by atoms with Crippen molar-refractivity contribution < 1.29 is 4.79 Å². The van der Waals surface area contributed by atoms with E-state index in [9.17, 15) is 4.79 Å². The maximum atomic E-state index is 12.5. The maximum absolute atomic E-state index is 12.5. The highest BCUT2D eigenvalue weighted by Gasteiger charge is 2.09. The number of carbonyl (C=O) groups excluding carboxylic acids is 1. The number of pyridine rings is 1. The van der Waals surface area contributed by atoms with E-state index in [1.165, 1.54) is 0 Å². The predicted octanol–water partition coefficient (Wildman–Crippen LogP) is 3.27. The largest absolute Gasteiger partial charge is 0.383 e. The number of hydrogen-bond donors (Lipinski definition) is 0. The monoisotopic (exact) mass is 278 g/mol. The molecule has 1 aromatic carbocycles. The Kier molecular flexibility index (Phi) is 5.04. The summed E-state index contributed by atoms with van der Waals surface area (Å²) in [7, 11) is 3.80. The summed E-state index contributed by atoms with van der Waals surface area (Å²) < 4.78 is 0. The van der Waals surface area contributed by atoms with E-state index in [-0.39, 0.29) is 5.78 Å². The molecule has 0 fully saturated rings. The minimum atomic E-state index is -0.0289. The Bertz CT molecular complexity index is 643. The highest BCUT2D eigenvalue weighted by Crippen LogP contribution is 2.16. The molecule has 0 radical (unpaired) electrons. The van der Waals surface area contributed by atoms with Gasteiger partial charge in [0.1, 0.15) is 0 Å². The molecule has 106 valence electrons. The predicted molar refractivity (Wildman–Crippen MR) is 86.4 cm³/mol. The van der Waals surface area contributed by atoms with Gasteiger partial charge in [0.05, 0.1) is 0 Å². The molecule has 3 heteroatoms. The lowest BCUT2D eigenvalue weighted by Crippen LogP contribution is -2.07. The van der Waals surface area contributed by atoms with Gasteiger partial charge in [-0.05, 0) is 29.3 Å². The zero-order valence-corrected chi connectivity index (χ0v) is 12.2. The summed E-state index contributed by atoms with van der Waals surface area (Å²) in [5.41, 5.74) is 2.51. The lowest BCUT2D eigenvalue weighted by Gasteiger charge is -2.10. The van der Waals surface area contributed by atoms with Crippen molar-refractivity contribution in [1.82, 2.24) is 9.88 Å². The molecule has 0 bridgehead atoms. The molecule has 0 unspecified atom stereocenters. The van der Waals surface area contributed by atoms with Crippen LogP contribution < -0.4 is 0 Å². The molecule has 3 nitrogen and oxygen atoms in total. The first-order chi connectivity index (χ1) is 10.2. The highest BCUT2D eigenvalue weighted by atomic mass is 16.1. The number of carbonyl (C=O) groups is 1. The lowest BCUT2D eigenvalue weighted by atomic mass is 10.0. The number of benzene rings is 1. The van der Waals surface area contributed by atoms with Crippen LogP contribution >= 0.6 is 0 Å². The van der Waals surface area contributed by atoms with Crippen molar-refractivity contribution in [1.29, 1.82) is 0 Å². The molecule has 0 atom stereocenters. The van der Waals surface area contributed by atoms with Crippen LogP contribution in [0.2, 0.25) is 0 Å². The van der Waals surface area contributed by atoms with Crippen LogP contribution in [0.1, 0.15) is 11.1 Å². The number of nitrogens with zero attached hydrogens (tertiary/aromatic N) is 2. The third kappa shape index (κ3) is 4.42. The van der Waals surface area contributed by atoms with E-state index in [1.807, 2.05) is 73.7 Å². The van der Waals surface area contributed by atoms with E-state index >= 15 is 0 Å². The van der Waals surface area contributed by atoms with Gasteiger partial charge in [0.15, 0.2) is 5.78 Å². The lowest BCUT2D eigenvalue weighted by molar-refractivity contribution is -0.109. The first kappa shape index (κ1) is 14.7. The zero-order valence-electron chi connectivity index (χ0n) is 12.2. The van der Waals surface area contributed by atoms with Gasteiger partial charge in [0.2, 0.25) is 0 Å². The smallest absolute Gasteiger partial charge is 0.187 e. The van der Waals surface area contributed by atoms with Gasteiger partial charge in [-0.15, -0.1) is 0 Å². The normalized spacial score (nSPS) is 11.6. The van der Waals surface area contributed by atoms with Crippen LogP contribution in [-0.2, 0) is 4.79 Å².